The predicted molar refractivity (Wildman–Crippen MR) is 70.9 cm³/mol. The van der Waals surface area contributed by atoms with Crippen LogP contribution < -0.4 is 11.1 Å². The fraction of sp³-hybridized carbons (Fsp3) is 0.500. The van der Waals surface area contributed by atoms with Crippen LogP contribution in [-0.4, -0.2) is 25.5 Å². The number of hydrogen-bond acceptors (Lipinski definition) is 4. The van der Waals surface area contributed by atoms with E-state index in [9.17, 15) is 8.42 Å². The minimum atomic E-state index is -2.88. The molecule has 17 heavy (non-hydrogen) atoms. The van der Waals surface area contributed by atoms with Gasteiger partial charge in [-0.15, -0.1) is 0 Å². The average molecular weight is 254 g/mol. The summed E-state index contributed by atoms with van der Waals surface area (Å²) < 4.78 is 23.0. The van der Waals surface area contributed by atoms with Gasteiger partial charge in [0.05, 0.1) is 11.5 Å². The zero-order chi connectivity index (χ0) is 12.7. The Morgan fingerprint density at radius 1 is 1.41 bits per heavy atom. The van der Waals surface area contributed by atoms with Crippen LogP contribution in [0.4, 0.5) is 11.4 Å². The third-order valence-electron chi connectivity index (χ3n) is 3.19. The van der Waals surface area contributed by atoms with Gasteiger partial charge in [-0.3, -0.25) is 0 Å². The van der Waals surface area contributed by atoms with E-state index in [-0.39, 0.29) is 17.0 Å². The summed E-state index contributed by atoms with van der Waals surface area (Å²) in [4.78, 5) is 0. The Labute approximate surface area is 102 Å². The molecule has 1 aromatic carbocycles. The van der Waals surface area contributed by atoms with Crippen LogP contribution in [-0.2, 0) is 9.84 Å². The Balaban J connectivity index is 2.22. The molecule has 0 radical (unpaired) electrons. The van der Waals surface area contributed by atoms with Crippen molar-refractivity contribution in [3.63, 3.8) is 0 Å². The number of rotatable bonds is 2. The molecular weight excluding hydrogens is 236 g/mol. The summed E-state index contributed by atoms with van der Waals surface area (Å²) in [5.41, 5.74) is 8.04. The second-order valence-corrected chi connectivity index (χ2v) is 7.29. The maximum absolute atomic E-state index is 11.5. The van der Waals surface area contributed by atoms with E-state index >= 15 is 0 Å². The SMILES string of the molecule is Cc1cc(N)ccc1NC1(C)CCS(=O)(=O)C1. The molecule has 5 heteroatoms. The fourth-order valence-electron chi connectivity index (χ4n) is 2.26. The number of nitrogens with two attached hydrogens (primary N) is 1. The molecule has 1 atom stereocenters. The number of nitrogens with one attached hydrogen (secondary N) is 1. The molecule has 0 aromatic heterocycles. The third-order valence-corrected chi connectivity index (χ3v) is 5.09. The largest absolute Gasteiger partial charge is 0.399 e. The van der Waals surface area contributed by atoms with Gasteiger partial charge in [-0.1, -0.05) is 0 Å². The number of anilines is 2. The van der Waals surface area contributed by atoms with Crippen LogP contribution >= 0.6 is 0 Å². The zero-order valence-corrected chi connectivity index (χ0v) is 11.0. The van der Waals surface area contributed by atoms with E-state index in [1.165, 1.54) is 0 Å². The second kappa shape index (κ2) is 3.91. The van der Waals surface area contributed by atoms with Crippen molar-refractivity contribution < 1.29 is 8.42 Å². The van der Waals surface area contributed by atoms with E-state index in [4.69, 9.17) is 5.73 Å². The Bertz CT molecular complexity index is 539. The van der Waals surface area contributed by atoms with Crippen LogP contribution in [0.3, 0.4) is 0 Å². The maximum Gasteiger partial charge on any atom is 0.152 e. The Morgan fingerprint density at radius 3 is 2.65 bits per heavy atom. The van der Waals surface area contributed by atoms with Gasteiger partial charge in [-0.2, -0.15) is 0 Å². The minimum absolute atomic E-state index is 0.198. The number of sulfone groups is 1. The topological polar surface area (TPSA) is 72.2 Å². The minimum Gasteiger partial charge on any atom is -0.399 e. The maximum atomic E-state index is 11.5. The first-order valence-electron chi connectivity index (χ1n) is 5.64. The van der Waals surface area contributed by atoms with Crippen molar-refractivity contribution >= 4 is 21.2 Å². The van der Waals surface area contributed by atoms with Crippen molar-refractivity contribution in [1.29, 1.82) is 0 Å². The van der Waals surface area contributed by atoms with Gasteiger partial charge in [0.15, 0.2) is 9.84 Å². The monoisotopic (exact) mass is 254 g/mol. The lowest BCUT2D eigenvalue weighted by Gasteiger charge is -2.26. The van der Waals surface area contributed by atoms with Crippen LogP contribution in [0.1, 0.15) is 18.9 Å². The Morgan fingerprint density at radius 2 is 2.12 bits per heavy atom. The van der Waals surface area contributed by atoms with E-state index in [1.54, 1.807) is 0 Å². The molecule has 0 amide bonds. The van der Waals surface area contributed by atoms with Gasteiger partial charge in [0.25, 0.3) is 0 Å². The molecule has 94 valence electrons. The summed E-state index contributed by atoms with van der Waals surface area (Å²) in [7, 11) is -2.88. The van der Waals surface area contributed by atoms with E-state index in [0.717, 1.165) is 16.9 Å². The molecule has 1 aromatic rings. The van der Waals surface area contributed by atoms with Crippen LogP contribution in [0.15, 0.2) is 18.2 Å². The summed E-state index contributed by atoms with van der Waals surface area (Å²) in [6.07, 6.45) is 0.652. The van der Waals surface area contributed by atoms with E-state index in [1.807, 2.05) is 32.0 Å². The number of benzene rings is 1. The number of nitrogen functional groups attached to an aromatic ring is 1. The van der Waals surface area contributed by atoms with Crippen molar-refractivity contribution in [3.05, 3.63) is 23.8 Å². The highest BCUT2D eigenvalue weighted by Gasteiger charge is 2.38. The van der Waals surface area contributed by atoms with Crippen LogP contribution in [0.2, 0.25) is 0 Å². The standard InChI is InChI=1S/C12H18N2O2S/c1-9-7-10(13)3-4-11(9)14-12(2)5-6-17(15,16)8-12/h3-4,7,14H,5-6,8,13H2,1-2H3. The first-order valence-corrected chi connectivity index (χ1v) is 7.47. The highest BCUT2D eigenvalue weighted by Crippen LogP contribution is 2.29. The van der Waals surface area contributed by atoms with E-state index in [0.29, 0.717) is 6.42 Å². The normalized spacial score (nSPS) is 26.9. The lowest BCUT2D eigenvalue weighted by Crippen LogP contribution is -2.36. The molecule has 1 saturated heterocycles. The summed E-state index contributed by atoms with van der Waals surface area (Å²) in [5.74, 6) is 0.467. The first-order chi connectivity index (χ1) is 7.80. The van der Waals surface area contributed by atoms with Gasteiger partial charge in [0, 0.05) is 16.9 Å². The van der Waals surface area contributed by atoms with Crippen LogP contribution in [0, 0.1) is 6.92 Å². The van der Waals surface area contributed by atoms with Gasteiger partial charge < -0.3 is 11.1 Å². The van der Waals surface area contributed by atoms with Crippen LogP contribution in [0.5, 0.6) is 0 Å². The van der Waals surface area contributed by atoms with Crippen molar-refractivity contribution in [1.82, 2.24) is 0 Å². The molecule has 2 rings (SSSR count). The van der Waals surface area contributed by atoms with Crippen LogP contribution in [0.25, 0.3) is 0 Å². The van der Waals surface area contributed by atoms with Crippen molar-refractivity contribution in [2.75, 3.05) is 22.6 Å². The smallest absolute Gasteiger partial charge is 0.152 e. The third kappa shape index (κ3) is 2.72. The summed E-state index contributed by atoms with van der Waals surface area (Å²) in [6.45, 7) is 3.92. The molecule has 1 fully saturated rings. The van der Waals surface area contributed by atoms with E-state index in [2.05, 4.69) is 5.32 Å². The van der Waals surface area contributed by atoms with Gasteiger partial charge >= 0.3 is 0 Å². The molecule has 1 aliphatic heterocycles. The van der Waals surface area contributed by atoms with Gasteiger partial charge in [0.2, 0.25) is 0 Å². The molecule has 0 bridgehead atoms. The van der Waals surface area contributed by atoms with Crippen molar-refractivity contribution in [2.45, 2.75) is 25.8 Å². The summed E-state index contributed by atoms with van der Waals surface area (Å²) in [5, 5.41) is 3.33. The molecule has 0 spiro atoms. The zero-order valence-electron chi connectivity index (χ0n) is 10.2. The molecule has 3 N–H and O–H groups in total. The molecule has 1 aliphatic rings. The molecular formula is C12H18N2O2S. The molecule has 1 unspecified atom stereocenters. The van der Waals surface area contributed by atoms with Gasteiger partial charge in [0.1, 0.15) is 0 Å². The number of hydrogen-bond donors (Lipinski definition) is 2. The lowest BCUT2D eigenvalue weighted by atomic mass is 10.0. The first kappa shape index (κ1) is 12.2. The highest BCUT2D eigenvalue weighted by molar-refractivity contribution is 7.91. The summed E-state index contributed by atoms with van der Waals surface area (Å²) >= 11 is 0. The van der Waals surface area contributed by atoms with Gasteiger partial charge in [-0.05, 0) is 44.0 Å². The highest BCUT2D eigenvalue weighted by atomic mass is 32.2. The molecule has 1 heterocycles. The molecule has 0 aliphatic carbocycles. The number of aryl methyl sites for hydroxylation is 1. The molecule has 4 nitrogen and oxygen atoms in total. The lowest BCUT2D eigenvalue weighted by molar-refractivity contribution is 0.574. The fourth-order valence-corrected chi connectivity index (χ4v) is 4.35. The average Bonchev–Trinajstić information content (AvgIpc) is 2.46. The van der Waals surface area contributed by atoms with Crippen molar-refractivity contribution in [3.8, 4) is 0 Å². The predicted octanol–water partition coefficient (Wildman–Crippen LogP) is 1.57. The van der Waals surface area contributed by atoms with Gasteiger partial charge in [-0.25, -0.2) is 8.42 Å². The summed E-state index contributed by atoms with van der Waals surface area (Å²) in [6, 6.07) is 5.61. The second-order valence-electron chi connectivity index (χ2n) is 5.10. The Hall–Kier alpha value is -1.23. The quantitative estimate of drug-likeness (QED) is 0.786. The van der Waals surface area contributed by atoms with E-state index < -0.39 is 9.84 Å². The Kier molecular flexibility index (Phi) is 2.81. The molecule has 0 saturated carbocycles. The van der Waals surface area contributed by atoms with Crippen molar-refractivity contribution in [2.24, 2.45) is 0 Å².